The van der Waals surface area contributed by atoms with Gasteiger partial charge in [0.25, 0.3) is 0 Å². The third-order valence-electron chi connectivity index (χ3n) is 3.83. The minimum absolute atomic E-state index is 0.550. The fourth-order valence-corrected chi connectivity index (χ4v) is 2.61. The first-order chi connectivity index (χ1) is 10.2. The van der Waals surface area contributed by atoms with Gasteiger partial charge in [0.1, 0.15) is 0 Å². The molecule has 0 atom stereocenters. The maximum Gasteiger partial charge on any atom is 0.247 e. The summed E-state index contributed by atoms with van der Waals surface area (Å²) in [7, 11) is 0. The molecule has 2 aromatic rings. The summed E-state index contributed by atoms with van der Waals surface area (Å²) in [5.74, 6) is 1.22. The van der Waals surface area contributed by atoms with Crippen molar-refractivity contribution in [2.45, 2.75) is 13.5 Å². The Morgan fingerprint density at radius 3 is 2.38 bits per heavy atom. The van der Waals surface area contributed by atoms with Gasteiger partial charge in [0, 0.05) is 36.8 Å². The molecular weight excluding hydrogens is 288 g/mol. The van der Waals surface area contributed by atoms with Gasteiger partial charge in [0.15, 0.2) is 0 Å². The van der Waals surface area contributed by atoms with Crippen LogP contribution in [0, 0.1) is 0 Å². The molecule has 6 heteroatoms. The molecule has 21 heavy (non-hydrogen) atoms. The summed E-state index contributed by atoms with van der Waals surface area (Å²) in [6.07, 6.45) is 0. The second-order valence-electron chi connectivity index (χ2n) is 5.22. The number of piperazine rings is 1. The number of likely N-dealkylation sites (N-methyl/N-ethyl adjacent to an activating group) is 1. The maximum atomic E-state index is 5.88. The predicted octanol–water partition coefficient (Wildman–Crippen LogP) is 2.53. The Morgan fingerprint density at radius 1 is 1.05 bits per heavy atom. The average Bonchev–Trinajstić information content (AvgIpc) is 2.97. The van der Waals surface area contributed by atoms with Gasteiger partial charge in [0.05, 0.1) is 6.54 Å². The Labute approximate surface area is 129 Å². The van der Waals surface area contributed by atoms with Crippen LogP contribution in [0.1, 0.15) is 12.8 Å². The summed E-state index contributed by atoms with van der Waals surface area (Å²) in [5.41, 5.74) is 0.897. The molecular formula is C15H19ClN4O. The number of nitrogens with zero attached hydrogens (tertiary/aromatic N) is 4. The monoisotopic (exact) mass is 306 g/mol. The van der Waals surface area contributed by atoms with Crippen LogP contribution in [0.25, 0.3) is 11.5 Å². The first kappa shape index (κ1) is 14.5. The largest absolute Gasteiger partial charge is 0.419 e. The lowest BCUT2D eigenvalue weighted by Gasteiger charge is -2.33. The molecule has 0 radical (unpaired) electrons. The first-order valence-corrected chi connectivity index (χ1v) is 7.65. The van der Waals surface area contributed by atoms with Crippen molar-refractivity contribution >= 4 is 11.6 Å². The molecule has 0 unspecified atom stereocenters. The van der Waals surface area contributed by atoms with Crippen molar-refractivity contribution in [3.8, 4) is 11.5 Å². The average molecular weight is 307 g/mol. The van der Waals surface area contributed by atoms with Crippen LogP contribution in [0.5, 0.6) is 0 Å². The molecule has 0 bridgehead atoms. The van der Waals surface area contributed by atoms with E-state index < -0.39 is 0 Å². The molecule has 0 saturated carbocycles. The quantitative estimate of drug-likeness (QED) is 0.868. The second-order valence-corrected chi connectivity index (χ2v) is 5.65. The van der Waals surface area contributed by atoms with Crippen molar-refractivity contribution in [3.05, 3.63) is 35.2 Å². The molecule has 2 heterocycles. The zero-order chi connectivity index (χ0) is 14.7. The Bertz CT molecular complexity index is 576. The third kappa shape index (κ3) is 3.61. The van der Waals surface area contributed by atoms with Crippen molar-refractivity contribution in [2.24, 2.45) is 0 Å². The highest BCUT2D eigenvalue weighted by Gasteiger charge is 2.18. The smallest absolute Gasteiger partial charge is 0.247 e. The maximum absolute atomic E-state index is 5.88. The van der Waals surface area contributed by atoms with E-state index in [1.165, 1.54) is 0 Å². The van der Waals surface area contributed by atoms with Crippen LogP contribution in [0.2, 0.25) is 5.02 Å². The van der Waals surface area contributed by atoms with Crippen molar-refractivity contribution < 1.29 is 4.42 Å². The van der Waals surface area contributed by atoms with E-state index in [1.54, 1.807) is 0 Å². The zero-order valence-electron chi connectivity index (χ0n) is 12.1. The zero-order valence-corrected chi connectivity index (χ0v) is 12.9. The molecule has 1 fully saturated rings. The molecule has 3 rings (SSSR count). The Balaban J connectivity index is 1.62. The SMILES string of the molecule is CCN1CCN(Cc2nnc(-c3ccc(Cl)cc3)o2)CC1. The lowest BCUT2D eigenvalue weighted by molar-refractivity contribution is 0.124. The van der Waals surface area contributed by atoms with Gasteiger partial charge in [-0.25, -0.2) is 0 Å². The molecule has 1 aromatic heterocycles. The number of rotatable bonds is 4. The Kier molecular flexibility index (Phi) is 4.53. The summed E-state index contributed by atoms with van der Waals surface area (Å²) < 4.78 is 5.74. The molecule has 0 N–H and O–H groups in total. The van der Waals surface area contributed by atoms with Crippen LogP contribution >= 0.6 is 11.6 Å². The summed E-state index contributed by atoms with van der Waals surface area (Å²) in [6, 6.07) is 7.43. The summed E-state index contributed by atoms with van der Waals surface area (Å²) in [6.45, 7) is 8.35. The van der Waals surface area contributed by atoms with E-state index in [0.717, 1.165) is 44.8 Å². The van der Waals surface area contributed by atoms with Gasteiger partial charge < -0.3 is 9.32 Å². The molecule has 1 aromatic carbocycles. The number of hydrogen-bond acceptors (Lipinski definition) is 5. The van der Waals surface area contributed by atoms with E-state index in [0.29, 0.717) is 16.8 Å². The van der Waals surface area contributed by atoms with Crippen LogP contribution in [0.4, 0.5) is 0 Å². The molecule has 1 aliphatic rings. The lowest BCUT2D eigenvalue weighted by Crippen LogP contribution is -2.45. The molecule has 1 aliphatic heterocycles. The summed E-state index contributed by atoms with van der Waals surface area (Å²) in [5, 5.41) is 8.96. The normalized spacial score (nSPS) is 17.2. The van der Waals surface area contributed by atoms with Crippen LogP contribution in [-0.4, -0.2) is 52.7 Å². The van der Waals surface area contributed by atoms with E-state index in [9.17, 15) is 0 Å². The highest BCUT2D eigenvalue weighted by atomic mass is 35.5. The molecule has 5 nitrogen and oxygen atoms in total. The third-order valence-corrected chi connectivity index (χ3v) is 4.08. The minimum Gasteiger partial charge on any atom is -0.419 e. The van der Waals surface area contributed by atoms with Gasteiger partial charge >= 0.3 is 0 Å². The fraction of sp³-hybridized carbons (Fsp3) is 0.467. The van der Waals surface area contributed by atoms with Gasteiger partial charge in [-0.2, -0.15) is 0 Å². The standard InChI is InChI=1S/C15H19ClN4O/c1-2-19-7-9-20(10-8-19)11-14-17-18-15(21-14)12-3-5-13(16)6-4-12/h3-6H,2,7-11H2,1H3. The molecule has 1 saturated heterocycles. The van der Waals surface area contributed by atoms with E-state index >= 15 is 0 Å². The number of hydrogen-bond donors (Lipinski definition) is 0. The Hall–Kier alpha value is -1.43. The van der Waals surface area contributed by atoms with Crippen molar-refractivity contribution in [3.63, 3.8) is 0 Å². The fourth-order valence-electron chi connectivity index (χ4n) is 2.48. The lowest BCUT2D eigenvalue weighted by atomic mass is 10.2. The number of aromatic nitrogens is 2. The Morgan fingerprint density at radius 2 is 1.71 bits per heavy atom. The first-order valence-electron chi connectivity index (χ1n) is 7.27. The summed E-state index contributed by atoms with van der Waals surface area (Å²) >= 11 is 5.88. The van der Waals surface area contributed by atoms with E-state index in [1.807, 2.05) is 24.3 Å². The van der Waals surface area contributed by atoms with Crippen LogP contribution in [0.15, 0.2) is 28.7 Å². The van der Waals surface area contributed by atoms with Gasteiger partial charge in [-0.1, -0.05) is 18.5 Å². The van der Waals surface area contributed by atoms with Crippen LogP contribution in [0.3, 0.4) is 0 Å². The van der Waals surface area contributed by atoms with E-state index in [-0.39, 0.29) is 0 Å². The van der Waals surface area contributed by atoms with Gasteiger partial charge in [-0.15, -0.1) is 10.2 Å². The topological polar surface area (TPSA) is 45.4 Å². The van der Waals surface area contributed by atoms with Gasteiger partial charge in [-0.3, -0.25) is 4.90 Å². The molecule has 0 aliphatic carbocycles. The van der Waals surface area contributed by atoms with Crippen LogP contribution in [-0.2, 0) is 6.54 Å². The number of halogens is 1. The summed E-state index contributed by atoms with van der Waals surface area (Å²) in [4.78, 5) is 4.80. The van der Waals surface area contributed by atoms with Crippen LogP contribution < -0.4 is 0 Å². The van der Waals surface area contributed by atoms with Gasteiger partial charge in [-0.05, 0) is 30.8 Å². The second kappa shape index (κ2) is 6.56. The molecule has 0 spiro atoms. The van der Waals surface area contributed by atoms with Crippen molar-refractivity contribution in [1.29, 1.82) is 0 Å². The number of benzene rings is 1. The van der Waals surface area contributed by atoms with Crippen molar-refractivity contribution in [2.75, 3.05) is 32.7 Å². The minimum atomic E-state index is 0.550. The highest BCUT2D eigenvalue weighted by molar-refractivity contribution is 6.30. The highest BCUT2D eigenvalue weighted by Crippen LogP contribution is 2.20. The molecule has 112 valence electrons. The predicted molar refractivity (Wildman–Crippen MR) is 82.1 cm³/mol. The van der Waals surface area contributed by atoms with E-state index in [2.05, 4.69) is 26.9 Å². The van der Waals surface area contributed by atoms with E-state index in [4.69, 9.17) is 16.0 Å². The van der Waals surface area contributed by atoms with Crippen molar-refractivity contribution in [1.82, 2.24) is 20.0 Å². The van der Waals surface area contributed by atoms with Gasteiger partial charge in [0.2, 0.25) is 11.8 Å². The molecule has 0 amide bonds.